The molecule has 0 saturated carbocycles. The molecule has 0 unspecified atom stereocenters. The van der Waals surface area contributed by atoms with Crippen LogP contribution in [0.4, 0.5) is 5.69 Å². The first kappa shape index (κ1) is 27.1. The Morgan fingerprint density at radius 2 is 1.62 bits per heavy atom. The molecule has 1 saturated heterocycles. The Morgan fingerprint density at radius 1 is 0.923 bits per heavy atom. The van der Waals surface area contributed by atoms with Gasteiger partial charge in [0.05, 0.1) is 27.6 Å². The summed E-state index contributed by atoms with van der Waals surface area (Å²) in [7, 11) is -3.98. The summed E-state index contributed by atoms with van der Waals surface area (Å²) in [6.07, 6.45) is 2.09. The number of benzene rings is 3. The van der Waals surface area contributed by atoms with Crippen LogP contribution < -0.4 is 10.2 Å². The highest BCUT2D eigenvalue weighted by Gasteiger charge is 2.36. The van der Waals surface area contributed by atoms with E-state index in [4.69, 9.17) is 0 Å². The number of carbonyl (C=O) groups excluding carboxylic acids is 2. The van der Waals surface area contributed by atoms with Gasteiger partial charge < -0.3 is 15.1 Å². The quantitative estimate of drug-likeness (QED) is 0.432. The molecule has 2 atom stereocenters. The van der Waals surface area contributed by atoms with Crippen LogP contribution in [-0.4, -0.2) is 51.3 Å². The van der Waals surface area contributed by atoms with E-state index >= 15 is 0 Å². The number of nitrogens with one attached hydrogen (secondary N) is 1. The minimum Gasteiger partial charge on any atom is -0.352 e. The third kappa shape index (κ3) is 5.77. The minimum absolute atomic E-state index is 0.0154. The molecule has 8 heteroatoms. The maximum Gasteiger partial charge on any atom is 0.259 e. The number of anilines is 1. The van der Waals surface area contributed by atoms with Crippen molar-refractivity contribution in [3.63, 3.8) is 0 Å². The Bertz CT molecular complexity index is 1460. The first-order valence-corrected chi connectivity index (χ1v) is 15.1. The fourth-order valence-electron chi connectivity index (χ4n) is 5.85. The topological polar surface area (TPSA) is 86.8 Å². The second-order valence-electron chi connectivity index (χ2n) is 10.9. The van der Waals surface area contributed by atoms with Crippen molar-refractivity contribution in [3.05, 3.63) is 89.5 Å². The Morgan fingerprint density at radius 3 is 2.36 bits per heavy atom. The number of amides is 2. The number of rotatable bonds is 7. The maximum absolute atomic E-state index is 13.7. The summed E-state index contributed by atoms with van der Waals surface area (Å²) >= 11 is 0. The molecule has 2 amide bonds. The molecule has 7 nitrogen and oxygen atoms in total. The number of hydrogen-bond acceptors (Lipinski definition) is 5. The van der Waals surface area contributed by atoms with Crippen LogP contribution in [0.25, 0.3) is 0 Å². The molecule has 39 heavy (non-hydrogen) atoms. The number of nitrogens with zero attached hydrogens (tertiary/aromatic N) is 2. The van der Waals surface area contributed by atoms with E-state index < -0.39 is 15.7 Å². The molecule has 0 spiro atoms. The molecule has 3 aromatic rings. The van der Waals surface area contributed by atoms with E-state index in [-0.39, 0.29) is 33.5 Å². The van der Waals surface area contributed by atoms with Crippen LogP contribution in [0.1, 0.15) is 53.0 Å². The zero-order chi connectivity index (χ0) is 27.6. The van der Waals surface area contributed by atoms with E-state index in [2.05, 4.69) is 24.1 Å². The molecule has 2 aliphatic heterocycles. The summed E-state index contributed by atoms with van der Waals surface area (Å²) in [6.45, 7) is 8.37. The van der Waals surface area contributed by atoms with Crippen LogP contribution in [-0.2, 0) is 16.4 Å². The Balaban J connectivity index is 1.39. The average Bonchev–Trinajstić information content (AvgIpc) is 2.99. The molecule has 1 N–H and O–H groups in total. The number of piperidine rings is 1. The Kier molecular flexibility index (Phi) is 7.86. The third-order valence-corrected chi connectivity index (χ3v) is 9.38. The van der Waals surface area contributed by atoms with Gasteiger partial charge in [-0.3, -0.25) is 9.59 Å². The normalized spacial score (nSPS) is 20.6. The van der Waals surface area contributed by atoms with Gasteiger partial charge >= 0.3 is 0 Å². The summed E-state index contributed by atoms with van der Waals surface area (Å²) in [4.78, 5) is 30.8. The van der Waals surface area contributed by atoms with Gasteiger partial charge in [0.1, 0.15) is 0 Å². The fourth-order valence-corrected chi connectivity index (χ4v) is 7.48. The summed E-state index contributed by atoms with van der Waals surface area (Å²) in [5.41, 5.74) is 1.51. The van der Waals surface area contributed by atoms with Crippen molar-refractivity contribution in [2.45, 2.75) is 43.0 Å². The van der Waals surface area contributed by atoms with Crippen LogP contribution in [0.5, 0.6) is 0 Å². The van der Waals surface area contributed by atoms with Crippen molar-refractivity contribution in [1.29, 1.82) is 0 Å². The number of likely N-dealkylation sites (tertiary alicyclic amines) is 1. The van der Waals surface area contributed by atoms with Crippen molar-refractivity contribution in [1.82, 2.24) is 10.2 Å². The van der Waals surface area contributed by atoms with Crippen molar-refractivity contribution >= 4 is 27.3 Å². The third-order valence-electron chi connectivity index (χ3n) is 7.52. The molecule has 1 fully saturated rings. The highest BCUT2D eigenvalue weighted by molar-refractivity contribution is 7.91. The van der Waals surface area contributed by atoms with E-state index in [0.29, 0.717) is 23.9 Å². The molecule has 2 heterocycles. The van der Waals surface area contributed by atoms with Crippen molar-refractivity contribution in [3.8, 4) is 0 Å². The molecule has 2 aliphatic rings. The molecule has 0 bridgehead atoms. The van der Waals surface area contributed by atoms with Gasteiger partial charge in [0, 0.05) is 25.2 Å². The summed E-state index contributed by atoms with van der Waals surface area (Å²) < 4.78 is 27.3. The monoisotopic (exact) mass is 545 g/mol. The maximum atomic E-state index is 13.7. The van der Waals surface area contributed by atoms with E-state index in [1.807, 2.05) is 30.3 Å². The van der Waals surface area contributed by atoms with Crippen LogP contribution in [0.2, 0.25) is 0 Å². The SMILES string of the molecule is C[C@@H]1C[C@@H](C)CN(CCCNC(=O)c2ccc3c(c2)N(Cc2ccccc2)C(=O)c2ccccc2S3(=O)=O)C1. The molecular formula is C31H35N3O4S. The average molecular weight is 546 g/mol. The molecule has 0 aromatic heterocycles. The zero-order valence-corrected chi connectivity index (χ0v) is 23.3. The van der Waals surface area contributed by atoms with Gasteiger partial charge in [0.15, 0.2) is 0 Å². The van der Waals surface area contributed by atoms with E-state index in [9.17, 15) is 18.0 Å². The number of hydrogen-bond donors (Lipinski definition) is 1. The zero-order valence-electron chi connectivity index (χ0n) is 22.5. The Hall–Kier alpha value is -3.49. The minimum atomic E-state index is -3.98. The predicted molar refractivity (Wildman–Crippen MR) is 152 cm³/mol. The van der Waals surface area contributed by atoms with Crippen LogP contribution in [0.3, 0.4) is 0 Å². The van der Waals surface area contributed by atoms with Crippen molar-refractivity contribution in [2.24, 2.45) is 11.8 Å². The molecule has 5 rings (SSSR count). The molecule has 3 aromatic carbocycles. The Labute approximate surface area is 230 Å². The highest BCUT2D eigenvalue weighted by Crippen LogP contribution is 2.38. The standard InChI is InChI=1S/C31H35N3O4S/c1-22-17-23(2)20-33(19-22)16-8-15-32-30(35)25-13-14-29-27(18-25)34(21-24-9-4-3-5-10-24)31(36)26-11-6-7-12-28(26)39(29,37)38/h3-7,9-14,18,22-23H,8,15-17,19-21H2,1-2H3,(H,32,35)/t22-,23-/m1/s1. The second-order valence-corrected chi connectivity index (χ2v) is 12.8. The van der Waals surface area contributed by atoms with Crippen LogP contribution in [0.15, 0.2) is 82.6 Å². The van der Waals surface area contributed by atoms with Gasteiger partial charge in [-0.05, 0) is 67.1 Å². The molecular weight excluding hydrogens is 510 g/mol. The summed E-state index contributed by atoms with van der Waals surface area (Å²) in [6, 6.07) is 20.2. The van der Waals surface area contributed by atoms with Gasteiger partial charge in [-0.1, -0.05) is 56.3 Å². The second kappa shape index (κ2) is 11.3. The summed E-state index contributed by atoms with van der Waals surface area (Å²) in [5, 5.41) is 2.98. The van der Waals surface area contributed by atoms with Gasteiger partial charge in [-0.25, -0.2) is 8.42 Å². The molecule has 0 radical (unpaired) electrons. The predicted octanol–water partition coefficient (Wildman–Crippen LogP) is 4.78. The van der Waals surface area contributed by atoms with Crippen molar-refractivity contribution < 1.29 is 18.0 Å². The van der Waals surface area contributed by atoms with E-state index in [1.54, 1.807) is 12.1 Å². The molecule has 0 aliphatic carbocycles. The first-order valence-electron chi connectivity index (χ1n) is 13.6. The van der Waals surface area contributed by atoms with Crippen LogP contribution >= 0.6 is 0 Å². The lowest BCUT2D eigenvalue weighted by Crippen LogP contribution is -2.40. The number of fused-ring (bicyclic) bond motifs is 2. The van der Waals surface area contributed by atoms with Gasteiger partial charge in [0.2, 0.25) is 9.84 Å². The van der Waals surface area contributed by atoms with E-state index in [1.165, 1.54) is 41.7 Å². The van der Waals surface area contributed by atoms with Gasteiger partial charge in [0.25, 0.3) is 11.8 Å². The van der Waals surface area contributed by atoms with E-state index in [0.717, 1.165) is 31.6 Å². The molecule has 204 valence electrons. The summed E-state index contributed by atoms with van der Waals surface area (Å²) in [5.74, 6) is 0.669. The smallest absolute Gasteiger partial charge is 0.259 e. The number of sulfone groups is 1. The van der Waals surface area contributed by atoms with Gasteiger partial charge in [-0.2, -0.15) is 0 Å². The first-order chi connectivity index (χ1) is 18.7. The van der Waals surface area contributed by atoms with Crippen LogP contribution in [0, 0.1) is 11.8 Å². The van der Waals surface area contributed by atoms with Gasteiger partial charge in [-0.15, -0.1) is 0 Å². The number of carbonyl (C=O) groups is 2. The lowest BCUT2D eigenvalue weighted by molar-refractivity contribution is 0.0944. The van der Waals surface area contributed by atoms with Crippen molar-refractivity contribution in [2.75, 3.05) is 31.1 Å². The highest BCUT2D eigenvalue weighted by atomic mass is 32.2. The largest absolute Gasteiger partial charge is 0.352 e. The fraction of sp³-hybridized carbons (Fsp3) is 0.355. The lowest BCUT2D eigenvalue weighted by Gasteiger charge is -2.34. The lowest BCUT2D eigenvalue weighted by atomic mass is 9.92.